The number of nitrogens with zero attached hydrogens (tertiary/aromatic N) is 1. The number of methoxy groups -OCH3 is 1. The molecule has 1 aliphatic carbocycles. The van der Waals surface area contributed by atoms with Gasteiger partial charge in [0, 0.05) is 20.6 Å². The van der Waals surface area contributed by atoms with Gasteiger partial charge in [0.25, 0.3) is 5.91 Å². The molecule has 0 aliphatic heterocycles. The Kier molecular flexibility index (Phi) is 8.24. The largest absolute Gasteiger partial charge is 0.415 e. The lowest BCUT2D eigenvalue weighted by Crippen LogP contribution is -2.53. The molecule has 0 saturated heterocycles. The molecule has 2 unspecified atom stereocenters. The molecule has 0 amide bonds. The highest BCUT2D eigenvalue weighted by Gasteiger charge is 2.34. The normalized spacial score (nSPS) is 18.7. The summed E-state index contributed by atoms with van der Waals surface area (Å²) in [5.41, 5.74) is 1.00. The highest BCUT2D eigenvalue weighted by Crippen LogP contribution is 2.27. The summed E-state index contributed by atoms with van der Waals surface area (Å²) in [6.07, 6.45) is 5.10. The standard InChI is InChI=1S/C17H28N2O4/c1-5-15(21-4)19-17(3,22-6-2)23-16(20)14(12-18)13-10-8-7-9-11-13/h15,19H,5-11H2,1-4H3. The van der Waals surface area contributed by atoms with Crippen LogP contribution in [0, 0.1) is 11.3 Å². The van der Waals surface area contributed by atoms with Gasteiger partial charge in [0.15, 0.2) is 0 Å². The van der Waals surface area contributed by atoms with Crippen molar-refractivity contribution in [2.45, 2.75) is 71.4 Å². The first kappa shape index (κ1) is 19.6. The minimum atomic E-state index is -1.33. The Bertz CT molecular complexity index is 458. The number of nitrogens with one attached hydrogen (secondary N) is 1. The Hall–Kier alpha value is -1.42. The van der Waals surface area contributed by atoms with E-state index in [1.165, 1.54) is 0 Å². The zero-order chi connectivity index (χ0) is 17.3. The lowest BCUT2D eigenvalue weighted by Gasteiger charge is -2.33. The van der Waals surface area contributed by atoms with E-state index in [4.69, 9.17) is 14.2 Å². The summed E-state index contributed by atoms with van der Waals surface area (Å²) in [6, 6.07) is 2.01. The van der Waals surface area contributed by atoms with E-state index in [-0.39, 0.29) is 11.8 Å². The predicted octanol–water partition coefficient (Wildman–Crippen LogP) is 3.00. The Balaban J connectivity index is 2.89. The lowest BCUT2D eigenvalue weighted by molar-refractivity contribution is -0.246. The molecule has 2 atom stereocenters. The summed E-state index contributed by atoms with van der Waals surface area (Å²) in [7, 11) is 1.57. The summed E-state index contributed by atoms with van der Waals surface area (Å²) < 4.78 is 16.3. The quantitative estimate of drug-likeness (QED) is 0.320. The summed E-state index contributed by atoms with van der Waals surface area (Å²) in [4.78, 5) is 12.5. The predicted molar refractivity (Wildman–Crippen MR) is 86.1 cm³/mol. The first-order chi connectivity index (χ1) is 11.0. The van der Waals surface area contributed by atoms with E-state index in [2.05, 4.69) is 5.32 Å². The number of allylic oxidation sites excluding steroid dienone is 1. The van der Waals surface area contributed by atoms with Crippen molar-refractivity contribution in [2.24, 2.45) is 0 Å². The fourth-order valence-corrected chi connectivity index (χ4v) is 2.72. The maximum atomic E-state index is 12.5. The molecule has 0 spiro atoms. The molecule has 1 saturated carbocycles. The van der Waals surface area contributed by atoms with Crippen LogP contribution in [0.25, 0.3) is 0 Å². The first-order valence-corrected chi connectivity index (χ1v) is 8.29. The van der Waals surface area contributed by atoms with Crippen molar-refractivity contribution in [1.29, 1.82) is 5.26 Å². The van der Waals surface area contributed by atoms with Gasteiger partial charge < -0.3 is 14.2 Å². The molecule has 130 valence electrons. The molecule has 0 radical (unpaired) electrons. The molecule has 0 aromatic heterocycles. The van der Waals surface area contributed by atoms with Crippen LogP contribution >= 0.6 is 0 Å². The molecule has 0 aromatic rings. The smallest absolute Gasteiger partial charge is 0.352 e. The second-order valence-electron chi connectivity index (χ2n) is 5.70. The lowest BCUT2D eigenvalue weighted by atomic mass is 9.91. The fourth-order valence-electron chi connectivity index (χ4n) is 2.72. The SMILES string of the molecule is CCOC(C)(NC(CC)OC)OC(=O)C(C#N)=C1CCCCC1. The maximum absolute atomic E-state index is 12.5. The molecule has 0 heterocycles. The number of hydrogen-bond acceptors (Lipinski definition) is 6. The highest BCUT2D eigenvalue weighted by molar-refractivity contribution is 5.93. The van der Waals surface area contributed by atoms with Crippen LogP contribution in [0.3, 0.4) is 0 Å². The van der Waals surface area contributed by atoms with Gasteiger partial charge in [-0.3, -0.25) is 0 Å². The van der Waals surface area contributed by atoms with Crippen molar-refractivity contribution in [3.05, 3.63) is 11.1 Å². The Morgan fingerprint density at radius 2 is 2.00 bits per heavy atom. The van der Waals surface area contributed by atoms with E-state index in [9.17, 15) is 10.1 Å². The van der Waals surface area contributed by atoms with Crippen LogP contribution in [-0.4, -0.2) is 31.8 Å². The van der Waals surface area contributed by atoms with E-state index in [1.807, 2.05) is 19.9 Å². The maximum Gasteiger partial charge on any atom is 0.352 e. The first-order valence-electron chi connectivity index (χ1n) is 8.29. The molecule has 0 bridgehead atoms. The molecule has 1 fully saturated rings. The molecule has 6 nitrogen and oxygen atoms in total. The minimum Gasteiger partial charge on any atom is -0.415 e. The van der Waals surface area contributed by atoms with E-state index in [0.29, 0.717) is 13.0 Å². The number of hydrogen-bond donors (Lipinski definition) is 1. The second-order valence-corrected chi connectivity index (χ2v) is 5.70. The zero-order valence-electron chi connectivity index (χ0n) is 14.6. The van der Waals surface area contributed by atoms with Gasteiger partial charge >= 0.3 is 5.97 Å². The number of carbonyl (C=O) groups is 1. The number of rotatable bonds is 8. The third kappa shape index (κ3) is 5.94. The van der Waals surface area contributed by atoms with Crippen molar-refractivity contribution in [3.8, 4) is 6.07 Å². The number of esters is 1. The van der Waals surface area contributed by atoms with Crippen molar-refractivity contribution in [3.63, 3.8) is 0 Å². The summed E-state index contributed by atoms with van der Waals surface area (Å²) in [5.74, 6) is -1.97. The number of ether oxygens (including phenoxy) is 3. The zero-order valence-corrected chi connectivity index (χ0v) is 14.6. The van der Waals surface area contributed by atoms with Gasteiger partial charge in [0.2, 0.25) is 0 Å². The summed E-state index contributed by atoms with van der Waals surface area (Å²) >= 11 is 0. The van der Waals surface area contributed by atoms with E-state index < -0.39 is 11.9 Å². The van der Waals surface area contributed by atoms with E-state index in [0.717, 1.165) is 37.7 Å². The van der Waals surface area contributed by atoms with Crippen molar-refractivity contribution in [1.82, 2.24) is 5.32 Å². The van der Waals surface area contributed by atoms with Crippen LogP contribution < -0.4 is 5.32 Å². The van der Waals surface area contributed by atoms with E-state index in [1.54, 1.807) is 14.0 Å². The molecule has 0 aromatic carbocycles. The van der Waals surface area contributed by atoms with Crippen molar-refractivity contribution >= 4 is 5.97 Å². The second kappa shape index (κ2) is 9.66. The average Bonchev–Trinajstić information content (AvgIpc) is 2.54. The van der Waals surface area contributed by atoms with Gasteiger partial charge in [-0.2, -0.15) is 5.26 Å². The minimum absolute atomic E-state index is 0.114. The van der Waals surface area contributed by atoms with Crippen LogP contribution in [0.1, 0.15) is 59.3 Å². The summed E-state index contributed by atoms with van der Waals surface area (Å²) in [5, 5.41) is 12.4. The van der Waals surface area contributed by atoms with Crippen molar-refractivity contribution in [2.75, 3.05) is 13.7 Å². The number of carbonyl (C=O) groups excluding carboxylic acids is 1. The average molecular weight is 324 g/mol. The third-order valence-corrected chi connectivity index (χ3v) is 3.91. The van der Waals surface area contributed by atoms with Gasteiger partial charge in [0.05, 0.1) is 0 Å². The van der Waals surface area contributed by atoms with E-state index >= 15 is 0 Å². The van der Waals surface area contributed by atoms with Crippen LogP contribution in [0.15, 0.2) is 11.1 Å². The molecular formula is C17H28N2O4. The molecular weight excluding hydrogens is 296 g/mol. The van der Waals surface area contributed by atoms with Crippen molar-refractivity contribution < 1.29 is 19.0 Å². The molecule has 1 rings (SSSR count). The van der Waals surface area contributed by atoms with Crippen LogP contribution in [-0.2, 0) is 19.0 Å². The van der Waals surface area contributed by atoms with Gasteiger partial charge in [-0.05, 0) is 44.6 Å². The van der Waals surface area contributed by atoms with Gasteiger partial charge in [-0.25, -0.2) is 10.1 Å². The van der Waals surface area contributed by atoms with Gasteiger partial charge in [0.1, 0.15) is 17.9 Å². The molecule has 6 heteroatoms. The molecule has 1 N–H and O–H groups in total. The van der Waals surface area contributed by atoms with Gasteiger partial charge in [-0.15, -0.1) is 0 Å². The van der Waals surface area contributed by atoms with Gasteiger partial charge in [-0.1, -0.05) is 13.3 Å². The Morgan fingerprint density at radius 3 is 2.48 bits per heavy atom. The summed E-state index contributed by atoms with van der Waals surface area (Å²) in [6.45, 7) is 5.73. The highest BCUT2D eigenvalue weighted by atomic mass is 16.7. The van der Waals surface area contributed by atoms with Crippen LogP contribution in [0.2, 0.25) is 0 Å². The molecule has 1 aliphatic rings. The van der Waals surface area contributed by atoms with Crippen LogP contribution in [0.4, 0.5) is 0 Å². The van der Waals surface area contributed by atoms with Crippen LogP contribution in [0.5, 0.6) is 0 Å². The Labute approximate surface area is 138 Å². The monoisotopic (exact) mass is 324 g/mol. The fraction of sp³-hybridized carbons (Fsp3) is 0.765. The number of nitriles is 1. The third-order valence-electron chi connectivity index (χ3n) is 3.91. The Morgan fingerprint density at radius 1 is 1.35 bits per heavy atom. The topological polar surface area (TPSA) is 80.6 Å². The molecule has 23 heavy (non-hydrogen) atoms.